The molecule has 0 saturated heterocycles. The lowest BCUT2D eigenvalue weighted by molar-refractivity contribution is -0.417. The smallest absolute Gasteiger partial charge is 0.332 e. The van der Waals surface area contributed by atoms with Gasteiger partial charge in [-0.3, -0.25) is 14.9 Å². The maximum absolute atomic E-state index is 12.0. The van der Waals surface area contributed by atoms with Crippen molar-refractivity contribution in [1.29, 1.82) is 0 Å². The molecule has 1 rings (SSSR count). The Labute approximate surface area is 114 Å². The Bertz CT molecular complexity index is 527. The molecule has 1 aromatic carbocycles. The number of benzene rings is 1. The molecule has 0 aliphatic heterocycles. The molecule has 0 fully saturated rings. The number of Topliss-reactive ketones (excluding diaryl/α,β-unsaturated/α-hetero) is 1. The highest BCUT2D eigenvalue weighted by molar-refractivity contribution is 6.37. The Balaban J connectivity index is 3.23. The lowest BCUT2D eigenvalue weighted by Gasteiger charge is -2.06. The van der Waals surface area contributed by atoms with Gasteiger partial charge >= 0.3 is 5.70 Å². The van der Waals surface area contributed by atoms with E-state index in [1.807, 2.05) is 0 Å². The zero-order chi connectivity index (χ0) is 13.9. The summed E-state index contributed by atoms with van der Waals surface area (Å²) >= 11 is 11.5. The van der Waals surface area contributed by atoms with Gasteiger partial charge in [-0.25, -0.2) is 0 Å². The summed E-state index contributed by atoms with van der Waals surface area (Å²) in [6.45, 7) is 0. The molecule has 5 nitrogen and oxygen atoms in total. The molecule has 0 radical (unpaired) electrons. The van der Waals surface area contributed by atoms with Crippen molar-refractivity contribution in [3.63, 3.8) is 0 Å². The van der Waals surface area contributed by atoms with Crippen LogP contribution in [0.1, 0.15) is 10.4 Å². The van der Waals surface area contributed by atoms with Crippen LogP contribution >= 0.6 is 23.2 Å². The van der Waals surface area contributed by atoms with Gasteiger partial charge in [-0.2, -0.15) is 0 Å². The van der Waals surface area contributed by atoms with E-state index >= 15 is 0 Å². The van der Waals surface area contributed by atoms with Crippen LogP contribution in [0.15, 0.2) is 30.1 Å². The standard InChI is InChI=1S/C11H10Cl2N2O3/c1-14(2)6-10(15(17)18)11(16)8-4-3-7(12)5-9(8)13/h3-6H,1-2H3. The molecule has 96 valence electrons. The molecule has 0 atom stereocenters. The van der Waals surface area contributed by atoms with Gasteiger partial charge in [-0.15, -0.1) is 0 Å². The first kappa shape index (κ1) is 14.5. The number of carbonyl (C=O) groups is 1. The van der Waals surface area contributed by atoms with Crippen molar-refractivity contribution in [1.82, 2.24) is 4.90 Å². The molecule has 0 spiro atoms. The van der Waals surface area contributed by atoms with E-state index in [-0.39, 0.29) is 10.6 Å². The SMILES string of the molecule is CN(C)C=C(C(=O)c1ccc(Cl)cc1Cl)[N+](=O)[O-]. The quantitative estimate of drug-likeness (QED) is 0.370. The van der Waals surface area contributed by atoms with E-state index in [1.54, 1.807) is 14.1 Å². The molecule has 0 aliphatic rings. The number of carbonyl (C=O) groups excluding carboxylic acids is 1. The Morgan fingerprint density at radius 3 is 2.44 bits per heavy atom. The molecular weight excluding hydrogens is 279 g/mol. The number of ketones is 1. The minimum absolute atomic E-state index is 0.0471. The van der Waals surface area contributed by atoms with Crippen LogP contribution in [-0.4, -0.2) is 29.7 Å². The minimum atomic E-state index is -0.754. The summed E-state index contributed by atoms with van der Waals surface area (Å²) in [5, 5.41) is 11.3. The highest BCUT2D eigenvalue weighted by Gasteiger charge is 2.25. The van der Waals surface area contributed by atoms with Crippen molar-refractivity contribution in [3.05, 3.63) is 55.8 Å². The Morgan fingerprint density at radius 1 is 1.39 bits per heavy atom. The van der Waals surface area contributed by atoms with Crippen LogP contribution in [0, 0.1) is 10.1 Å². The van der Waals surface area contributed by atoms with Gasteiger partial charge in [0, 0.05) is 24.7 Å². The van der Waals surface area contributed by atoms with Crippen LogP contribution in [0.2, 0.25) is 10.0 Å². The van der Waals surface area contributed by atoms with Gasteiger partial charge in [0.2, 0.25) is 0 Å². The number of hydrogen-bond donors (Lipinski definition) is 0. The Morgan fingerprint density at radius 2 is 2.00 bits per heavy atom. The van der Waals surface area contributed by atoms with E-state index in [0.29, 0.717) is 5.02 Å². The third-order valence-electron chi connectivity index (χ3n) is 1.99. The summed E-state index contributed by atoms with van der Waals surface area (Å²) < 4.78 is 0. The number of halogens is 2. The second-order valence-electron chi connectivity index (χ2n) is 3.69. The molecule has 0 aliphatic carbocycles. The average Bonchev–Trinajstić information content (AvgIpc) is 2.24. The zero-order valence-corrected chi connectivity index (χ0v) is 11.2. The first-order chi connectivity index (χ1) is 8.32. The number of allylic oxidation sites excluding steroid dienone is 1. The fraction of sp³-hybridized carbons (Fsp3) is 0.182. The predicted octanol–water partition coefficient (Wildman–Crippen LogP) is 2.86. The van der Waals surface area contributed by atoms with Crippen LogP contribution in [0.5, 0.6) is 0 Å². The number of hydrogen-bond acceptors (Lipinski definition) is 4. The number of rotatable bonds is 4. The third kappa shape index (κ3) is 3.45. The zero-order valence-electron chi connectivity index (χ0n) is 9.68. The Kier molecular flexibility index (Phi) is 4.69. The van der Waals surface area contributed by atoms with Gasteiger partial charge < -0.3 is 4.90 Å². The van der Waals surface area contributed by atoms with Crippen molar-refractivity contribution in [2.45, 2.75) is 0 Å². The van der Waals surface area contributed by atoms with Gasteiger partial charge in [-0.1, -0.05) is 23.2 Å². The summed E-state index contributed by atoms with van der Waals surface area (Å²) in [5.41, 5.74) is -0.505. The molecule has 0 heterocycles. The lowest BCUT2D eigenvalue weighted by atomic mass is 10.1. The molecule has 0 N–H and O–H groups in total. The summed E-state index contributed by atoms with van der Waals surface area (Å²) in [6, 6.07) is 4.18. The largest absolute Gasteiger partial charge is 0.378 e. The molecule has 0 amide bonds. The van der Waals surface area contributed by atoms with E-state index in [0.717, 1.165) is 6.20 Å². The number of nitrogens with zero attached hydrogens (tertiary/aromatic N) is 2. The summed E-state index contributed by atoms with van der Waals surface area (Å²) in [4.78, 5) is 23.5. The average molecular weight is 289 g/mol. The van der Waals surface area contributed by atoms with Crippen molar-refractivity contribution >= 4 is 29.0 Å². The lowest BCUT2D eigenvalue weighted by Crippen LogP contribution is -2.16. The highest BCUT2D eigenvalue weighted by Crippen LogP contribution is 2.23. The maximum Gasteiger partial charge on any atom is 0.332 e. The number of nitro groups is 1. The first-order valence-corrected chi connectivity index (χ1v) is 5.61. The molecule has 0 unspecified atom stereocenters. The van der Waals surface area contributed by atoms with Crippen LogP contribution in [0.3, 0.4) is 0 Å². The molecule has 7 heteroatoms. The van der Waals surface area contributed by atoms with Crippen molar-refractivity contribution in [2.75, 3.05) is 14.1 Å². The monoisotopic (exact) mass is 288 g/mol. The van der Waals surface area contributed by atoms with Crippen molar-refractivity contribution < 1.29 is 9.72 Å². The Hall–Kier alpha value is -1.59. The summed E-state index contributed by atoms with van der Waals surface area (Å²) in [7, 11) is 3.17. The van der Waals surface area contributed by atoms with Gasteiger partial charge in [0.05, 0.1) is 16.1 Å². The predicted molar refractivity (Wildman–Crippen MR) is 69.6 cm³/mol. The van der Waals surface area contributed by atoms with E-state index in [1.165, 1.54) is 23.1 Å². The molecule has 0 saturated carbocycles. The van der Waals surface area contributed by atoms with Crippen molar-refractivity contribution in [3.8, 4) is 0 Å². The molecule has 0 aromatic heterocycles. The molecule has 18 heavy (non-hydrogen) atoms. The maximum atomic E-state index is 12.0. The molecular formula is C11H10Cl2N2O3. The molecule has 0 bridgehead atoms. The topological polar surface area (TPSA) is 63.5 Å². The summed E-state index contributed by atoms with van der Waals surface area (Å²) in [5.74, 6) is -0.754. The second-order valence-corrected chi connectivity index (χ2v) is 4.53. The highest BCUT2D eigenvalue weighted by atomic mass is 35.5. The first-order valence-electron chi connectivity index (χ1n) is 4.85. The third-order valence-corrected chi connectivity index (χ3v) is 2.53. The van der Waals surface area contributed by atoms with Crippen molar-refractivity contribution in [2.24, 2.45) is 0 Å². The van der Waals surface area contributed by atoms with Gasteiger partial charge in [0.25, 0.3) is 5.78 Å². The summed E-state index contributed by atoms with van der Waals surface area (Å²) in [6.07, 6.45) is 1.13. The van der Waals surface area contributed by atoms with E-state index < -0.39 is 16.4 Å². The minimum Gasteiger partial charge on any atom is -0.378 e. The molecule has 1 aromatic rings. The second kappa shape index (κ2) is 5.84. The van der Waals surface area contributed by atoms with E-state index in [2.05, 4.69) is 0 Å². The van der Waals surface area contributed by atoms with E-state index in [9.17, 15) is 14.9 Å². The van der Waals surface area contributed by atoms with Crippen LogP contribution < -0.4 is 0 Å². The van der Waals surface area contributed by atoms with E-state index in [4.69, 9.17) is 23.2 Å². The van der Waals surface area contributed by atoms with Crippen LogP contribution in [0.25, 0.3) is 0 Å². The normalized spacial score (nSPS) is 11.2. The van der Waals surface area contributed by atoms with Gasteiger partial charge in [0.15, 0.2) is 0 Å². The van der Waals surface area contributed by atoms with Crippen LogP contribution in [-0.2, 0) is 0 Å². The fourth-order valence-corrected chi connectivity index (χ4v) is 1.74. The van der Waals surface area contributed by atoms with Crippen LogP contribution in [0.4, 0.5) is 0 Å². The fourth-order valence-electron chi connectivity index (χ4n) is 1.24. The van der Waals surface area contributed by atoms with Gasteiger partial charge in [-0.05, 0) is 18.2 Å². The van der Waals surface area contributed by atoms with Gasteiger partial charge in [0.1, 0.15) is 0 Å².